The first-order valence-electron chi connectivity index (χ1n) is 5.10. The molecular formula is C10H12N2O4S. The SMILES string of the molecule is O=C(O)c1ccccc1NS(=O)(=O)NC1CC1. The normalized spacial score (nSPS) is 15.5. The summed E-state index contributed by atoms with van der Waals surface area (Å²) in [5.41, 5.74) is -0.0122. The number of rotatable bonds is 5. The average Bonchev–Trinajstić information content (AvgIpc) is 3.00. The van der Waals surface area contributed by atoms with Crippen LogP contribution in [-0.4, -0.2) is 25.5 Å². The van der Waals surface area contributed by atoms with E-state index in [2.05, 4.69) is 9.44 Å². The van der Waals surface area contributed by atoms with Crippen LogP contribution in [0, 0.1) is 0 Å². The smallest absolute Gasteiger partial charge is 0.337 e. The van der Waals surface area contributed by atoms with Crippen molar-refractivity contribution >= 4 is 21.9 Å². The lowest BCUT2D eigenvalue weighted by Gasteiger charge is -2.10. The van der Waals surface area contributed by atoms with E-state index >= 15 is 0 Å². The van der Waals surface area contributed by atoms with Crippen LogP contribution in [0.25, 0.3) is 0 Å². The number of carboxylic acid groups (broad SMARTS) is 1. The molecular weight excluding hydrogens is 244 g/mol. The predicted molar refractivity (Wildman–Crippen MR) is 62.1 cm³/mol. The molecule has 92 valence electrons. The maximum atomic E-state index is 11.6. The minimum absolute atomic E-state index is 0.0236. The fourth-order valence-corrected chi connectivity index (χ4v) is 2.55. The topological polar surface area (TPSA) is 95.5 Å². The fourth-order valence-electron chi connectivity index (χ4n) is 1.35. The largest absolute Gasteiger partial charge is 0.478 e. The molecule has 1 fully saturated rings. The third-order valence-electron chi connectivity index (χ3n) is 2.30. The second-order valence-corrected chi connectivity index (χ2v) is 5.30. The van der Waals surface area contributed by atoms with Crippen molar-refractivity contribution in [3.05, 3.63) is 29.8 Å². The second-order valence-electron chi connectivity index (χ2n) is 3.85. The highest BCUT2D eigenvalue weighted by Crippen LogP contribution is 2.21. The van der Waals surface area contributed by atoms with Gasteiger partial charge in [0, 0.05) is 6.04 Å². The van der Waals surface area contributed by atoms with Crippen molar-refractivity contribution in [2.24, 2.45) is 0 Å². The minimum Gasteiger partial charge on any atom is -0.478 e. The molecule has 1 aliphatic carbocycles. The monoisotopic (exact) mass is 256 g/mol. The number of nitrogens with one attached hydrogen (secondary N) is 2. The minimum atomic E-state index is -3.69. The van der Waals surface area contributed by atoms with Gasteiger partial charge in [0.2, 0.25) is 0 Å². The first-order valence-corrected chi connectivity index (χ1v) is 6.58. The van der Waals surface area contributed by atoms with Crippen molar-refractivity contribution in [1.29, 1.82) is 0 Å². The summed E-state index contributed by atoms with van der Waals surface area (Å²) in [6.45, 7) is 0. The lowest BCUT2D eigenvalue weighted by Crippen LogP contribution is -2.32. The van der Waals surface area contributed by atoms with Gasteiger partial charge in [-0.1, -0.05) is 12.1 Å². The maximum absolute atomic E-state index is 11.6. The fraction of sp³-hybridized carbons (Fsp3) is 0.300. The number of aromatic carboxylic acids is 1. The zero-order chi connectivity index (χ0) is 12.5. The molecule has 0 aliphatic heterocycles. The predicted octanol–water partition coefficient (Wildman–Crippen LogP) is 0.793. The van der Waals surface area contributed by atoms with E-state index in [4.69, 9.17) is 5.11 Å². The van der Waals surface area contributed by atoms with Gasteiger partial charge in [-0.25, -0.2) is 4.79 Å². The van der Waals surface area contributed by atoms with Gasteiger partial charge in [0.25, 0.3) is 10.2 Å². The van der Waals surface area contributed by atoms with Crippen molar-refractivity contribution in [1.82, 2.24) is 4.72 Å². The summed E-state index contributed by atoms with van der Waals surface area (Å²) in [4.78, 5) is 10.9. The molecule has 0 heterocycles. The highest BCUT2D eigenvalue weighted by Gasteiger charge is 2.27. The van der Waals surface area contributed by atoms with Crippen LogP contribution in [0.5, 0.6) is 0 Å². The number of benzene rings is 1. The first kappa shape index (κ1) is 11.9. The molecule has 0 spiro atoms. The quantitative estimate of drug-likeness (QED) is 0.726. The van der Waals surface area contributed by atoms with E-state index in [-0.39, 0.29) is 17.3 Å². The van der Waals surface area contributed by atoms with Crippen LogP contribution >= 0.6 is 0 Å². The van der Waals surface area contributed by atoms with Crippen LogP contribution in [-0.2, 0) is 10.2 Å². The Bertz CT molecular complexity index is 537. The molecule has 2 rings (SSSR count). The number of carboxylic acids is 1. The van der Waals surface area contributed by atoms with Crippen molar-refractivity contribution in [2.45, 2.75) is 18.9 Å². The van der Waals surface area contributed by atoms with Gasteiger partial charge in [-0.2, -0.15) is 13.1 Å². The van der Waals surface area contributed by atoms with Crippen LogP contribution in [0.15, 0.2) is 24.3 Å². The lowest BCUT2D eigenvalue weighted by molar-refractivity contribution is 0.0698. The van der Waals surface area contributed by atoms with Crippen molar-refractivity contribution < 1.29 is 18.3 Å². The van der Waals surface area contributed by atoms with E-state index in [1.54, 1.807) is 6.07 Å². The van der Waals surface area contributed by atoms with Crippen LogP contribution in [0.3, 0.4) is 0 Å². The molecule has 1 saturated carbocycles. The summed E-state index contributed by atoms with van der Waals surface area (Å²) in [7, 11) is -3.69. The molecule has 7 heteroatoms. The van der Waals surface area contributed by atoms with Gasteiger partial charge in [-0.05, 0) is 25.0 Å². The first-order chi connectivity index (χ1) is 7.98. The molecule has 1 aromatic carbocycles. The Balaban J connectivity index is 2.20. The average molecular weight is 256 g/mol. The second kappa shape index (κ2) is 4.34. The number of hydrogen-bond acceptors (Lipinski definition) is 3. The zero-order valence-electron chi connectivity index (χ0n) is 8.88. The molecule has 1 aliphatic rings. The van der Waals surface area contributed by atoms with E-state index in [0.717, 1.165) is 12.8 Å². The molecule has 0 bridgehead atoms. The Labute approximate surface area is 98.8 Å². The van der Waals surface area contributed by atoms with Crippen LogP contribution in [0.1, 0.15) is 23.2 Å². The van der Waals surface area contributed by atoms with Gasteiger partial charge >= 0.3 is 5.97 Å². The molecule has 0 unspecified atom stereocenters. The Hall–Kier alpha value is -1.60. The van der Waals surface area contributed by atoms with Crippen molar-refractivity contribution in [3.63, 3.8) is 0 Å². The third-order valence-corrected chi connectivity index (χ3v) is 3.43. The maximum Gasteiger partial charge on any atom is 0.337 e. The Morgan fingerprint density at radius 2 is 1.94 bits per heavy atom. The molecule has 17 heavy (non-hydrogen) atoms. The number of hydrogen-bond donors (Lipinski definition) is 3. The summed E-state index contributed by atoms with van der Waals surface area (Å²) >= 11 is 0. The standard InChI is InChI=1S/C10H12N2O4S/c13-10(14)8-3-1-2-4-9(8)12-17(15,16)11-7-5-6-7/h1-4,7,11-12H,5-6H2,(H,13,14). The molecule has 1 aromatic rings. The molecule has 0 amide bonds. The molecule has 0 aromatic heterocycles. The van der Waals surface area contributed by atoms with Gasteiger partial charge in [0.1, 0.15) is 0 Å². The molecule has 0 radical (unpaired) electrons. The van der Waals surface area contributed by atoms with E-state index in [0.29, 0.717) is 0 Å². The van der Waals surface area contributed by atoms with Gasteiger partial charge in [-0.15, -0.1) is 0 Å². The van der Waals surface area contributed by atoms with Crippen molar-refractivity contribution in [2.75, 3.05) is 4.72 Å². The van der Waals surface area contributed by atoms with Gasteiger partial charge in [-0.3, -0.25) is 4.72 Å². The number of anilines is 1. The van der Waals surface area contributed by atoms with E-state index in [1.165, 1.54) is 18.2 Å². The van der Waals surface area contributed by atoms with Crippen molar-refractivity contribution in [3.8, 4) is 0 Å². The Morgan fingerprint density at radius 3 is 2.53 bits per heavy atom. The van der Waals surface area contributed by atoms with Gasteiger partial charge < -0.3 is 5.11 Å². The van der Waals surface area contributed by atoms with E-state index in [9.17, 15) is 13.2 Å². The van der Waals surface area contributed by atoms with E-state index in [1.807, 2.05) is 0 Å². The molecule has 0 atom stereocenters. The Morgan fingerprint density at radius 1 is 1.29 bits per heavy atom. The zero-order valence-corrected chi connectivity index (χ0v) is 9.70. The highest BCUT2D eigenvalue weighted by atomic mass is 32.2. The Kier molecular flexibility index (Phi) is 3.03. The van der Waals surface area contributed by atoms with Crippen LogP contribution in [0.4, 0.5) is 5.69 Å². The summed E-state index contributed by atoms with van der Waals surface area (Å²) < 4.78 is 27.9. The van der Waals surface area contributed by atoms with Gasteiger partial charge in [0.15, 0.2) is 0 Å². The van der Waals surface area contributed by atoms with Crippen LogP contribution < -0.4 is 9.44 Å². The molecule has 0 saturated heterocycles. The molecule has 3 N–H and O–H groups in total. The van der Waals surface area contributed by atoms with Crippen LogP contribution in [0.2, 0.25) is 0 Å². The summed E-state index contributed by atoms with van der Waals surface area (Å²) in [5, 5.41) is 8.90. The molecule has 6 nitrogen and oxygen atoms in total. The summed E-state index contributed by atoms with van der Waals surface area (Å²) in [5.74, 6) is -1.17. The lowest BCUT2D eigenvalue weighted by atomic mass is 10.2. The number of para-hydroxylation sites is 1. The third kappa shape index (κ3) is 3.18. The number of carbonyl (C=O) groups is 1. The summed E-state index contributed by atoms with van der Waals surface area (Å²) in [6, 6.07) is 5.84. The highest BCUT2D eigenvalue weighted by molar-refractivity contribution is 7.90. The van der Waals surface area contributed by atoms with Gasteiger partial charge in [0.05, 0.1) is 11.3 Å². The van der Waals surface area contributed by atoms with E-state index < -0.39 is 16.2 Å². The summed E-state index contributed by atoms with van der Waals surface area (Å²) in [6.07, 6.45) is 1.64.